The molecule has 2 aromatic heterocycles. The third-order valence-corrected chi connectivity index (χ3v) is 4.89. The van der Waals surface area contributed by atoms with Gasteiger partial charge in [-0.25, -0.2) is 0 Å². The van der Waals surface area contributed by atoms with Gasteiger partial charge in [-0.2, -0.15) is 0 Å². The molecule has 3 aromatic rings. The van der Waals surface area contributed by atoms with Gasteiger partial charge in [0.15, 0.2) is 4.77 Å². The van der Waals surface area contributed by atoms with E-state index in [-0.39, 0.29) is 0 Å². The van der Waals surface area contributed by atoms with Crippen molar-refractivity contribution >= 4 is 50.5 Å². The lowest BCUT2D eigenvalue weighted by atomic mass is 10.2. The number of nitrogens with zero attached hydrogens (tertiary/aromatic N) is 1. The van der Waals surface area contributed by atoms with Crippen LogP contribution in [0.1, 0.15) is 10.4 Å². The van der Waals surface area contributed by atoms with Crippen molar-refractivity contribution < 1.29 is 0 Å². The van der Waals surface area contributed by atoms with Crippen LogP contribution < -0.4 is 0 Å². The summed E-state index contributed by atoms with van der Waals surface area (Å²) in [7, 11) is 0. The summed E-state index contributed by atoms with van der Waals surface area (Å²) in [6.07, 6.45) is 0. The number of imidazole rings is 1. The van der Waals surface area contributed by atoms with Gasteiger partial charge in [0.05, 0.1) is 21.4 Å². The minimum absolute atomic E-state index is 0.781. The Bertz CT molecular complexity index is 767. The smallest absolute Gasteiger partial charge is 0.178 e. The molecule has 5 heteroatoms. The maximum atomic E-state index is 5.42. The number of para-hydroxylation sites is 1. The molecule has 0 bridgehead atoms. The molecule has 18 heavy (non-hydrogen) atoms. The van der Waals surface area contributed by atoms with Crippen LogP contribution in [0.25, 0.3) is 11.0 Å². The van der Waals surface area contributed by atoms with Crippen molar-refractivity contribution in [1.82, 2.24) is 9.55 Å². The second-order valence-corrected chi connectivity index (χ2v) is 7.13. The zero-order valence-corrected chi connectivity index (χ0v) is 13.0. The highest BCUT2D eigenvalue weighted by molar-refractivity contribution is 9.11. The van der Waals surface area contributed by atoms with Gasteiger partial charge in [0.25, 0.3) is 0 Å². The van der Waals surface area contributed by atoms with E-state index in [1.807, 2.05) is 0 Å². The van der Waals surface area contributed by atoms with Gasteiger partial charge in [0, 0.05) is 4.88 Å². The number of aromatic nitrogens is 2. The average Bonchev–Trinajstić information content (AvgIpc) is 2.87. The highest BCUT2D eigenvalue weighted by atomic mass is 79.9. The summed E-state index contributed by atoms with van der Waals surface area (Å²) in [5.41, 5.74) is 3.53. The number of rotatable bonds is 2. The molecule has 0 amide bonds. The number of halogens is 1. The van der Waals surface area contributed by atoms with Crippen molar-refractivity contribution in [2.75, 3.05) is 0 Å². The van der Waals surface area contributed by atoms with Crippen LogP contribution in [-0.4, -0.2) is 9.55 Å². The Labute approximate surface area is 122 Å². The van der Waals surface area contributed by atoms with Crippen molar-refractivity contribution in [2.24, 2.45) is 0 Å². The molecule has 1 aromatic carbocycles. The number of nitrogens with one attached hydrogen (secondary N) is 1. The Morgan fingerprint density at radius 3 is 2.89 bits per heavy atom. The number of H-pyrrole nitrogens is 1. The standard InChI is InChI=1S/C13H11BrN2S2/c1-8-3-2-4-10-12(8)15-13(17)16(10)7-9-5-6-11(14)18-9/h2-6H,7H2,1H3,(H,15,17). The van der Waals surface area contributed by atoms with Gasteiger partial charge in [-0.05, 0) is 58.8 Å². The molecule has 3 rings (SSSR count). The molecule has 0 aliphatic heterocycles. The molecule has 0 unspecified atom stereocenters. The molecule has 0 aliphatic rings. The summed E-state index contributed by atoms with van der Waals surface area (Å²) in [6.45, 7) is 2.91. The van der Waals surface area contributed by atoms with Crippen molar-refractivity contribution in [3.05, 3.63) is 49.3 Å². The Balaban J connectivity index is 2.14. The second-order valence-electron chi connectivity index (χ2n) is 4.19. The van der Waals surface area contributed by atoms with Crippen LogP contribution in [0, 0.1) is 11.7 Å². The fourth-order valence-electron chi connectivity index (χ4n) is 2.07. The maximum Gasteiger partial charge on any atom is 0.178 e. The lowest BCUT2D eigenvalue weighted by Gasteiger charge is -2.02. The number of fused-ring (bicyclic) bond motifs is 1. The van der Waals surface area contributed by atoms with Crippen molar-refractivity contribution in [1.29, 1.82) is 0 Å². The second kappa shape index (κ2) is 4.64. The minimum Gasteiger partial charge on any atom is -0.330 e. The van der Waals surface area contributed by atoms with Crippen molar-refractivity contribution in [3.8, 4) is 0 Å². The molecule has 0 radical (unpaired) electrons. The van der Waals surface area contributed by atoms with E-state index in [9.17, 15) is 0 Å². The number of aryl methyl sites for hydroxylation is 1. The summed E-state index contributed by atoms with van der Waals surface area (Å²) < 4.78 is 4.08. The third-order valence-electron chi connectivity index (χ3n) is 2.96. The number of thiophene rings is 1. The molecule has 0 saturated carbocycles. The highest BCUT2D eigenvalue weighted by Gasteiger charge is 2.07. The minimum atomic E-state index is 0.781. The summed E-state index contributed by atoms with van der Waals surface area (Å²) in [6, 6.07) is 10.5. The van der Waals surface area contributed by atoms with Crippen LogP contribution in [0.3, 0.4) is 0 Å². The van der Waals surface area contributed by atoms with E-state index in [1.54, 1.807) is 11.3 Å². The van der Waals surface area contributed by atoms with Crippen LogP contribution in [0.15, 0.2) is 34.1 Å². The summed E-state index contributed by atoms with van der Waals surface area (Å²) in [5, 5.41) is 0. The average molecular weight is 339 g/mol. The first-order chi connectivity index (χ1) is 8.65. The van der Waals surface area contributed by atoms with Crippen LogP contribution in [-0.2, 0) is 6.54 Å². The molecule has 1 N–H and O–H groups in total. The van der Waals surface area contributed by atoms with E-state index < -0.39 is 0 Å². The molecular weight excluding hydrogens is 328 g/mol. The van der Waals surface area contributed by atoms with Gasteiger partial charge in [0.2, 0.25) is 0 Å². The number of hydrogen-bond acceptors (Lipinski definition) is 2. The predicted molar refractivity (Wildman–Crippen MR) is 83.0 cm³/mol. The number of hydrogen-bond donors (Lipinski definition) is 1. The van der Waals surface area contributed by atoms with E-state index in [1.165, 1.54) is 16.0 Å². The molecule has 2 heterocycles. The highest BCUT2D eigenvalue weighted by Crippen LogP contribution is 2.25. The van der Waals surface area contributed by atoms with Crippen LogP contribution in [0.2, 0.25) is 0 Å². The Hall–Kier alpha value is -0.910. The van der Waals surface area contributed by atoms with E-state index in [4.69, 9.17) is 12.2 Å². The topological polar surface area (TPSA) is 20.7 Å². The number of aromatic amines is 1. The van der Waals surface area contributed by atoms with Crippen LogP contribution >= 0.6 is 39.5 Å². The molecular formula is C13H11BrN2S2. The third kappa shape index (κ3) is 2.06. The zero-order valence-electron chi connectivity index (χ0n) is 9.74. The first-order valence-electron chi connectivity index (χ1n) is 5.57. The first-order valence-corrected chi connectivity index (χ1v) is 7.59. The van der Waals surface area contributed by atoms with Gasteiger partial charge in [-0.15, -0.1) is 11.3 Å². The summed E-state index contributed by atoms with van der Waals surface area (Å²) >= 11 is 10.7. The van der Waals surface area contributed by atoms with Crippen molar-refractivity contribution in [2.45, 2.75) is 13.5 Å². The fourth-order valence-corrected chi connectivity index (χ4v) is 3.81. The van der Waals surface area contributed by atoms with Gasteiger partial charge in [0.1, 0.15) is 0 Å². The Morgan fingerprint density at radius 2 is 2.17 bits per heavy atom. The van der Waals surface area contributed by atoms with E-state index >= 15 is 0 Å². The maximum absolute atomic E-state index is 5.42. The quantitative estimate of drug-likeness (QED) is 0.660. The monoisotopic (exact) mass is 338 g/mol. The van der Waals surface area contributed by atoms with Gasteiger partial charge < -0.3 is 9.55 Å². The van der Waals surface area contributed by atoms with E-state index in [2.05, 4.69) is 62.7 Å². The molecule has 0 spiro atoms. The number of benzene rings is 1. The summed E-state index contributed by atoms with van der Waals surface area (Å²) in [5.74, 6) is 0. The first kappa shape index (κ1) is 12.1. The molecule has 2 nitrogen and oxygen atoms in total. The van der Waals surface area contributed by atoms with Gasteiger partial charge >= 0.3 is 0 Å². The predicted octanol–water partition coefficient (Wildman–Crippen LogP) is 4.88. The largest absolute Gasteiger partial charge is 0.330 e. The van der Waals surface area contributed by atoms with E-state index in [0.29, 0.717) is 0 Å². The summed E-state index contributed by atoms with van der Waals surface area (Å²) in [4.78, 5) is 4.59. The molecule has 92 valence electrons. The van der Waals surface area contributed by atoms with Crippen LogP contribution in [0.4, 0.5) is 0 Å². The van der Waals surface area contributed by atoms with E-state index in [0.717, 1.165) is 20.6 Å². The molecule has 0 aliphatic carbocycles. The zero-order chi connectivity index (χ0) is 12.7. The van der Waals surface area contributed by atoms with Crippen LogP contribution in [0.5, 0.6) is 0 Å². The Morgan fingerprint density at radius 1 is 1.33 bits per heavy atom. The molecule has 0 saturated heterocycles. The SMILES string of the molecule is Cc1cccc2c1[nH]c(=S)n2Cc1ccc(Br)s1. The Kier molecular flexibility index (Phi) is 3.13. The lowest BCUT2D eigenvalue weighted by molar-refractivity contribution is 0.823. The van der Waals surface area contributed by atoms with Crippen molar-refractivity contribution in [3.63, 3.8) is 0 Å². The fraction of sp³-hybridized carbons (Fsp3) is 0.154. The molecule has 0 fully saturated rings. The lowest BCUT2D eigenvalue weighted by Crippen LogP contribution is -1.97. The normalized spacial score (nSPS) is 11.2. The molecule has 0 atom stereocenters. The van der Waals surface area contributed by atoms with Gasteiger partial charge in [-0.3, -0.25) is 0 Å². The van der Waals surface area contributed by atoms with Gasteiger partial charge in [-0.1, -0.05) is 12.1 Å².